The second-order valence-corrected chi connectivity index (χ2v) is 10.0. The Bertz CT molecular complexity index is 1320. The van der Waals surface area contributed by atoms with E-state index in [1.165, 1.54) is 6.07 Å². The van der Waals surface area contributed by atoms with Gasteiger partial charge in [0.05, 0.1) is 16.5 Å². The number of carbonyl (C=O) groups is 2. The topological polar surface area (TPSA) is 88.0 Å². The minimum absolute atomic E-state index is 0.111. The Morgan fingerprint density at radius 2 is 1.92 bits per heavy atom. The number of benzene rings is 2. The summed E-state index contributed by atoms with van der Waals surface area (Å²) in [5.41, 5.74) is 5.92. The van der Waals surface area contributed by atoms with Crippen molar-refractivity contribution in [2.75, 3.05) is 18.4 Å². The number of hydrogen-bond acceptors (Lipinski definition) is 6. The van der Waals surface area contributed by atoms with Crippen LogP contribution in [0.1, 0.15) is 71.0 Å². The van der Waals surface area contributed by atoms with Crippen molar-refractivity contribution in [2.45, 2.75) is 45.8 Å². The number of aliphatic imine (C=N–C) groups is 1. The Morgan fingerprint density at radius 3 is 2.56 bits per heavy atom. The van der Waals surface area contributed by atoms with E-state index in [-0.39, 0.29) is 23.2 Å². The third-order valence-electron chi connectivity index (χ3n) is 6.70. The van der Waals surface area contributed by atoms with Gasteiger partial charge in [0.25, 0.3) is 0 Å². The maximum Gasteiger partial charge on any atom is 0.336 e. The zero-order valence-corrected chi connectivity index (χ0v) is 22.1. The van der Waals surface area contributed by atoms with E-state index >= 15 is 0 Å². The van der Waals surface area contributed by atoms with Crippen LogP contribution in [0.15, 0.2) is 58.8 Å². The molecule has 2 N–H and O–H groups in total. The van der Waals surface area contributed by atoms with Crippen molar-refractivity contribution in [3.8, 4) is 5.75 Å². The number of fused-ring (bicyclic) bond motifs is 2. The van der Waals surface area contributed by atoms with Crippen LogP contribution in [0.25, 0.3) is 0 Å². The number of carboxylic acids is 1. The Balaban J connectivity index is 1.96. The summed E-state index contributed by atoms with van der Waals surface area (Å²) in [6.45, 7) is 11.2. The molecule has 36 heavy (non-hydrogen) atoms. The first-order valence-electron chi connectivity index (χ1n) is 12.3. The quantitative estimate of drug-likeness (QED) is 0.315. The number of nitrogens with one attached hydrogen (secondary N) is 1. The van der Waals surface area contributed by atoms with E-state index in [1.807, 2.05) is 39.8 Å². The van der Waals surface area contributed by atoms with Crippen molar-refractivity contribution >= 4 is 35.8 Å². The minimum atomic E-state index is -1.07. The molecule has 0 radical (unpaired) electrons. The van der Waals surface area contributed by atoms with Gasteiger partial charge >= 0.3 is 5.97 Å². The maximum atomic E-state index is 12.6. The summed E-state index contributed by atoms with van der Waals surface area (Å²) < 4.78 is 6.43. The Morgan fingerprint density at radius 1 is 1.17 bits per heavy atom. The van der Waals surface area contributed by atoms with E-state index < -0.39 is 11.2 Å². The molecule has 0 saturated heterocycles. The fourth-order valence-corrected chi connectivity index (χ4v) is 5.14. The Labute approximate surface area is 217 Å². The number of carboxylic acid groups (broad SMARTS) is 1. The molecule has 0 aromatic heterocycles. The van der Waals surface area contributed by atoms with Gasteiger partial charge in [-0.15, -0.1) is 0 Å². The molecule has 7 heteroatoms. The minimum Gasteiger partial charge on any atom is -0.478 e. The van der Waals surface area contributed by atoms with Crippen LogP contribution >= 0.6 is 12.6 Å². The van der Waals surface area contributed by atoms with E-state index in [0.717, 1.165) is 40.4 Å². The highest BCUT2D eigenvalue weighted by Crippen LogP contribution is 2.50. The highest BCUT2D eigenvalue weighted by atomic mass is 32.1. The molecule has 1 heterocycles. The number of rotatable bonds is 7. The number of carbonyl (C=O) groups excluding carboxylic acids is 1. The number of hydrogen-bond donors (Lipinski definition) is 3. The van der Waals surface area contributed by atoms with Crippen molar-refractivity contribution < 1.29 is 19.4 Å². The average Bonchev–Trinajstić information content (AvgIpc) is 2.83. The molecule has 0 bridgehead atoms. The van der Waals surface area contributed by atoms with E-state index in [1.54, 1.807) is 19.1 Å². The van der Waals surface area contributed by atoms with Crippen LogP contribution in [-0.2, 0) is 0 Å². The summed E-state index contributed by atoms with van der Waals surface area (Å²) in [6, 6.07) is 9.03. The monoisotopic (exact) mass is 504 g/mol. The van der Waals surface area contributed by atoms with Crippen LogP contribution < -0.4 is 10.1 Å². The first-order chi connectivity index (χ1) is 17.2. The summed E-state index contributed by atoms with van der Waals surface area (Å²) in [4.78, 5) is 29.7. The van der Waals surface area contributed by atoms with Crippen molar-refractivity contribution in [2.24, 2.45) is 10.9 Å². The Hall–Kier alpha value is -3.32. The van der Waals surface area contributed by atoms with Gasteiger partial charge in [-0.1, -0.05) is 18.2 Å². The van der Waals surface area contributed by atoms with Gasteiger partial charge < -0.3 is 15.2 Å². The van der Waals surface area contributed by atoms with Gasteiger partial charge in [-0.25, -0.2) is 4.79 Å². The molecule has 4 rings (SSSR count). The molecular formula is C29H32N2O4S. The SMILES string of the molecule is CCN=C1C=C2Oc3cc(NCC)c(C)cc3C(c3ccc(C(=O)C(C)S)cc3C(=O)O)C2C=C1C. The zero-order chi connectivity index (χ0) is 26.1. The lowest BCUT2D eigenvalue weighted by molar-refractivity contribution is 0.0695. The van der Waals surface area contributed by atoms with Crippen LogP contribution in [0.5, 0.6) is 5.75 Å². The predicted octanol–water partition coefficient (Wildman–Crippen LogP) is 6.07. The number of ether oxygens (including phenoxy) is 1. The van der Waals surface area contributed by atoms with Gasteiger partial charge in [0.1, 0.15) is 11.5 Å². The number of nitrogens with zero attached hydrogens (tertiary/aromatic N) is 1. The number of aromatic carboxylic acids is 1. The molecule has 0 spiro atoms. The largest absolute Gasteiger partial charge is 0.478 e. The van der Waals surface area contributed by atoms with Gasteiger partial charge in [0, 0.05) is 53.9 Å². The van der Waals surface area contributed by atoms with Crippen molar-refractivity contribution in [3.63, 3.8) is 0 Å². The van der Waals surface area contributed by atoms with Crippen molar-refractivity contribution in [1.29, 1.82) is 0 Å². The highest BCUT2D eigenvalue weighted by molar-refractivity contribution is 7.81. The second kappa shape index (κ2) is 10.3. The first-order valence-corrected chi connectivity index (χ1v) is 12.8. The summed E-state index contributed by atoms with van der Waals surface area (Å²) in [7, 11) is 0. The van der Waals surface area contributed by atoms with E-state index in [2.05, 4.69) is 35.1 Å². The lowest BCUT2D eigenvalue weighted by Gasteiger charge is -2.37. The lowest BCUT2D eigenvalue weighted by Crippen LogP contribution is -2.29. The summed E-state index contributed by atoms with van der Waals surface area (Å²) in [5.74, 6) is -0.376. The zero-order valence-electron chi connectivity index (χ0n) is 21.3. The van der Waals surface area contributed by atoms with Gasteiger partial charge in [0.15, 0.2) is 5.78 Å². The maximum absolute atomic E-state index is 12.6. The van der Waals surface area contributed by atoms with Gasteiger partial charge in [-0.2, -0.15) is 12.6 Å². The second-order valence-electron chi connectivity index (χ2n) is 9.24. The fourth-order valence-electron chi connectivity index (χ4n) is 4.99. The molecule has 2 aromatic carbocycles. The van der Waals surface area contributed by atoms with Crippen LogP contribution in [0.4, 0.5) is 5.69 Å². The number of ketones is 1. The third-order valence-corrected chi connectivity index (χ3v) is 6.93. The molecule has 3 atom stereocenters. The molecule has 2 aromatic rings. The lowest BCUT2D eigenvalue weighted by atomic mass is 9.73. The molecular weight excluding hydrogens is 472 g/mol. The first kappa shape index (κ1) is 25.8. The molecule has 0 fully saturated rings. The van der Waals surface area contributed by atoms with Gasteiger partial charge in [-0.05, 0) is 63.5 Å². The molecule has 3 unspecified atom stereocenters. The normalized spacial score (nSPS) is 20.4. The third kappa shape index (κ3) is 4.72. The van der Waals surface area contributed by atoms with E-state index in [9.17, 15) is 14.7 Å². The predicted molar refractivity (Wildman–Crippen MR) is 147 cm³/mol. The number of aryl methyl sites for hydroxylation is 1. The fraction of sp³-hybridized carbons (Fsp3) is 0.345. The molecule has 6 nitrogen and oxygen atoms in total. The highest BCUT2D eigenvalue weighted by Gasteiger charge is 2.39. The smallest absolute Gasteiger partial charge is 0.336 e. The molecule has 1 aliphatic heterocycles. The average molecular weight is 505 g/mol. The molecule has 0 amide bonds. The molecule has 0 saturated carbocycles. The van der Waals surface area contributed by atoms with Crippen LogP contribution in [0, 0.1) is 12.8 Å². The van der Waals surface area contributed by atoms with E-state index in [0.29, 0.717) is 23.4 Å². The van der Waals surface area contributed by atoms with Crippen LogP contribution in [-0.4, -0.2) is 40.9 Å². The summed E-state index contributed by atoms with van der Waals surface area (Å²) >= 11 is 4.24. The summed E-state index contributed by atoms with van der Waals surface area (Å²) in [6.07, 6.45) is 4.08. The Kier molecular flexibility index (Phi) is 7.41. The molecule has 1 aliphatic carbocycles. The molecule has 2 aliphatic rings. The number of thiol groups is 1. The van der Waals surface area contributed by atoms with E-state index in [4.69, 9.17) is 4.74 Å². The number of anilines is 1. The molecule has 188 valence electrons. The number of Topliss-reactive ketones (excluding diaryl/α,β-unsaturated/α-hetero) is 1. The van der Waals surface area contributed by atoms with Crippen LogP contribution in [0.3, 0.4) is 0 Å². The van der Waals surface area contributed by atoms with Gasteiger partial charge in [0.2, 0.25) is 0 Å². The summed E-state index contributed by atoms with van der Waals surface area (Å²) in [5, 5.41) is 13.0. The van der Waals surface area contributed by atoms with Gasteiger partial charge in [-0.3, -0.25) is 9.79 Å². The van der Waals surface area contributed by atoms with Crippen LogP contribution in [0.2, 0.25) is 0 Å². The standard InChI is InChI=1S/C29H32N2O4S/c1-6-30-23-13-25-21(10-15(23)3)27(22-11-16(4)24(31-7-2)14-26(22)35-25)19-9-8-18(28(32)17(5)36)12-20(19)29(33)34/h8-14,17,21,27,31,36H,6-7H2,1-5H3,(H,33,34). The van der Waals surface area contributed by atoms with Crippen molar-refractivity contribution in [3.05, 3.63) is 81.6 Å². The van der Waals surface area contributed by atoms with Crippen molar-refractivity contribution in [1.82, 2.24) is 0 Å². The number of allylic oxidation sites excluding steroid dienone is 3.